The van der Waals surface area contributed by atoms with Gasteiger partial charge in [-0.15, -0.1) is 0 Å². The molecule has 6 nitrogen and oxygen atoms in total. The van der Waals surface area contributed by atoms with Crippen LogP contribution < -0.4 is 0 Å². The van der Waals surface area contributed by atoms with Crippen LogP contribution in [0, 0.1) is 5.92 Å². The Balaban J connectivity index is 1.56. The summed E-state index contributed by atoms with van der Waals surface area (Å²) in [5, 5.41) is 8.67. The van der Waals surface area contributed by atoms with Crippen molar-refractivity contribution >= 4 is 5.91 Å². The zero-order chi connectivity index (χ0) is 16.5. The van der Waals surface area contributed by atoms with Gasteiger partial charge in [0.1, 0.15) is 0 Å². The van der Waals surface area contributed by atoms with Gasteiger partial charge in [0, 0.05) is 58.8 Å². The predicted octanol–water partition coefficient (Wildman–Crippen LogP) is 0.262. The fourth-order valence-electron chi connectivity index (χ4n) is 3.42. The Morgan fingerprint density at radius 1 is 1.09 bits per heavy atom. The van der Waals surface area contributed by atoms with Gasteiger partial charge in [-0.05, 0) is 18.8 Å². The van der Waals surface area contributed by atoms with E-state index < -0.39 is 0 Å². The number of rotatable bonds is 8. The third-order valence-corrected chi connectivity index (χ3v) is 4.90. The second-order valence-corrected chi connectivity index (χ2v) is 6.86. The molecule has 2 aliphatic heterocycles. The Hall–Kier alpha value is -0.690. The number of aliphatic hydroxyl groups is 1. The van der Waals surface area contributed by atoms with E-state index in [0.717, 1.165) is 58.8 Å². The minimum absolute atomic E-state index is 0.0948. The molecule has 0 aromatic carbocycles. The van der Waals surface area contributed by atoms with E-state index in [9.17, 15) is 4.79 Å². The van der Waals surface area contributed by atoms with Crippen LogP contribution in [0.15, 0.2) is 0 Å². The maximum absolute atomic E-state index is 12.3. The molecule has 0 spiro atoms. The van der Waals surface area contributed by atoms with Crippen LogP contribution in [0.5, 0.6) is 0 Å². The number of aliphatic hydroxyl groups excluding tert-OH is 1. The van der Waals surface area contributed by atoms with Crippen LogP contribution in [-0.4, -0.2) is 97.9 Å². The van der Waals surface area contributed by atoms with Crippen LogP contribution in [0.2, 0.25) is 0 Å². The van der Waals surface area contributed by atoms with Gasteiger partial charge < -0.3 is 19.6 Å². The number of hydrogen-bond acceptors (Lipinski definition) is 5. The summed E-state index contributed by atoms with van der Waals surface area (Å²) in [5.74, 6) is 0.987. The first kappa shape index (κ1) is 18.6. The van der Waals surface area contributed by atoms with Crippen molar-refractivity contribution in [3.63, 3.8) is 0 Å². The van der Waals surface area contributed by atoms with Gasteiger partial charge in [0.2, 0.25) is 5.91 Å². The lowest BCUT2D eigenvalue weighted by molar-refractivity contribution is -0.133. The lowest BCUT2D eigenvalue weighted by atomic mass is 10.00. The average molecular weight is 327 g/mol. The molecule has 0 aromatic rings. The smallest absolute Gasteiger partial charge is 0.223 e. The van der Waals surface area contributed by atoms with E-state index in [1.807, 2.05) is 0 Å². The number of piperazine rings is 1. The summed E-state index contributed by atoms with van der Waals surface area (Å²) in [6.07, 6.45) is 3.07. The maximum atomic E-state index is 12.3. The number of piperidine rings is 1. The standard InChI is InChI=1S/C17H33N3O3/c1-16-3-2-5-20(15-16)17(22)4-6-18-7-9-19(10-8-18)11-13-23-14-12-21/h16,21H,2-15H2,1H3. The van der Waals surface area contributed by atoms with Crippen LogP contribution >= 0.6 is 0 Å². The van der Waals surface area contributed by atoms with E-state index in [2.05, 4.69) is 21.6 Å². The first-order valence-electron chi connectivity index (χ1n) is 9.10. The van der Waals surface area contributed by atoms with Gasteiger partial charge in [-0.25, -0.2) is 0 Å². The molecule has 1 atom stereocenters. The van der Waals surface area contributed by atoms with Crippen LogP contribution in [0.1, 0.15) is 26.2 Å². The molecule has 2 heterocycles. The Bertz CT molecular complexity index is 346. The van der Waals surface area contributed by atoms with Gasteiger partial charge in [0.25, 0.3) is 0 Å². The average Bonchev–Trinajstić information content (AvgIpc) is 2.57. The molecule has 0 bridgehead atoms. The third kappa shape index (κ3) is 6.75. The van der Waals surface area contributed by atoms with E-state index in [0.29, 0.717) is 31.5 Å². The summed E-state index contributed by atoms with van der Waals surface area (Å²) in [6, 6.07) is 0. The lowest BCUT2D eigenvalue weighted by Crippen LogP contribution is -2.48. The minimum Gasteiger partial charge on any atom is -0.394 e. The third-order valence-electron chi connectivity index (χ3n) is 4.90. The molecular formula is C17H33N3O3. The summed E-state index contributed by atoms with van der Waals surface area (Å²) >= 11 is 0. The molecule has 2 rings (SSSR count). The molecule has 134 valence electrons. The largest absolute Gasteiger partial charge is 0.394 e. The van der Waals surface area contributed by atoms with Crippen LogP contribution in [0.25, 0.3) is 0 Å². The summed E-state index contributed by atoms with van der Waals surface area (Å²) in [4.78, 5) is 19.2. The van der Waals surface area contributed by atoms with Gasteiger partial charge in [-0.2, -0.15) is 0 Å². The number of ether oxygens (including phenoxy) is 1. The number of amides is 1. The zero-order valence-corrected chi connectivity index (χ0v) is 14.6. The fourth-order valence-corrected chi connectivity index (χ4v) is 3.42. The Morgan fingerprint density at radius 2 is 1.78 bits per heavy atom. The molecule has 1 unspecified atom stereocenters. The molecule has 2 aliphatic rings. The Morgan fingerprint density at radius 3 is 2.43 bits per heavy atom. The predicted molar refractivity (Wildman–Crippen MR) is 90.4 cm³/mol. The van der Waals surface area contributed by atoms with E-state index in [1.54, 1.807) is 0 Å². The summed E-state index contributed by atoms with van der Waals surface area (Å²) in [7, 11) is 0. The quantitative estimate of drug-likeness (QED) is 0.648. The van der Waals surface area contributed by atoms with Crippen LogP contribution in [0.4, 0.5) is 0 Å². The highest BCUT2D eigenvalue weighted by Gasteiger charge is 2.22. The van der Waals surface area contributed by atoms with E-state index in [4.69, 9.17) is 9.84 Å². The summed E-state index contributed by atoms with van der Waals surface area (Å²) < 4.78 is 5.31. The van der Waals surface area contributed by atoms with Crippen molar-refractivity contribution in [2.24, 2.45) is 5.92 Å². The van der Waals surface area contributed by atoms with E-state index in [1.165, 1.54) is 6.42 Å². The molecule has 0 aliphatic carbocycles. The Labute approximate surface area is 140 Å². The summed E-state index contributed by atoms with van der Waals surface area (Å²) in [6.45, 7) is 11.3. The van der Waals surface area contributed by atoms with Gasteiger partial charge in [0.05, 0.1) is 19.8 Å². The number of carbonyl (C=O) groups is 1. The molecule has 23 heavy (non-hydrogen) atoms. The minimum atomic E-state index is 0.0948. The van der Waals surface area contributed by atoms with Gasteiger partial charge in [-0.3, -0.25) is 9.69 Å². The van der Waals surface area contributed by atoms with Crippen molar-refractivity contribution in [1.82, 2.24) is 14.7 Å². The van der Waals surface area contributed by atoms with Crippen molar-refractivity contribution < 1.29 is 14.6 Å². The number of likely N-dealkylation sites (tertiary alicyclic amines) is 1. The lowest BCUT2D eigenvalue weighted by Gasteiger charge is -2.35. The second-order valence-electron chi connectivity index (χ2n) is 6.86. The highest BCUT2D eigenvalue weighted by molar-refractivity contribution is 5.76. The molecular weight excluding hydrogens is 294 g/mol. The van der Waals surface area contributed by atoms with E-state index >= 15 is 0 Å². The molecule has 0 radical (unpaired) electrons. The van der Waals surface area contributed by atoms with Crippen molar-refractivity contribution in [3.05, 3.63) is 0 Å². The topological polar surface area (TPSA) is 56.3 Å². The maximum Gasteiger partial charge on any atom is 0.223 e. The van der Waals surface area contributed by atoms with Crippen molar-refractivity contribution in [3.8, 4) is 0 Å². The SMILES string of the molecule is CC1CCCN(C(=O)CCN2CCN(CCOCCO)CC2)C1. The van der Waals surface area contributed by atoms with Gasteiger partial charge >= 0.3 is 0 Å². The molecule has 2 saturated heterocycles. The normalized spacial score (nSPS) is 24.1. The molecule has 0 saturated carbocycles. The fraction of sp³-hybridized carbons (Fsp3) is 0.941. The van der Waals surface area contributed by atoms with Crippen LogP contribution in [-0.2, 0) is 9.53 Å². The highest BCUT2D eigenvalue weighted by Crippen LogP contribution is 2.16. The molecule has 1 N–H and O–H groups in total. The first-order chi connectivity index (χ1) is 11.2. The highest BCUT2D eigenvalue weighted by atomic mass is 16.5. The number of nitrogens with zero attached hydrogens (tertiary/aromatic N) is 3. The van der Waals surface area contributed by atoms with Crippen LogP contribution in [0.3, 0.4) is 0 Å². The van der Waals surface area contributed by atoms with Gasteiger partial charge in [-0.1, -0.05) is 6.92 Å². The van der Waals surface area contributed by atoms with E-state index in [-0.39, 0.29) is 6.61 Å². The van der Waals surface area contributed by atoms with Crippen molar-refractivity contribution in [2.75, 3.05) is 72.2 Å². The molecule has 0 aromatic heterocycles. The Kier molecular flexibility index (Phi) is 8.30. The van der Waals surface area contributed by atoms with Gasteiger partial charge in [0.15, 0.2) is 0 Å². The second kappa shape index (κ2) is 10.2. The molecule has 6 heteroatoms. The monoisotopic (exact) mass is 327 g/mol. The van der Waals surface area contributed by atoms with Crippen molar-refractivity contribution in [1.29, 1.82) is 0 Å². The molecule has 2 fully saturated rings. The zero-order valence-electron chi connectivity index (χ0n) is 14.6. The number of hydrogen-bond donors (Lipinski definition) is 1. The first-order valence-corrected chi connectivity index (χ1v) is 9.10. The van der Waals surface area contributed by atoms with Crippen molar-refractivity contribution in [2.45, 2.75) is 26.2 Å². The number of carbonyl (C=O) groups excluding carboxylic acids is 1. The molecule has 1 amide bonds. The summed E-state index contributed by atoms with van der Waals surface area (Å²) in [5.41, 5.74) is 0.